The molecule has 0 unspecified atom stereocenters. The number of nitrogens with one attached hydrogen (secondary N) is 1. The van der Waals surface area contributed by atoms with Gasteiger partial charge in [0.2, 0.25) is 5.91 Å². The van der Waals surface area contributed by atoms with E-state index in [4.69, 9.17) is 11.6 Å². The van der Waals surface area contributed by atoms with Crippen LogP contribution in [0.3, 0.4) is 0 Å². The summed E-state index contributed by atoms with van der Waals surface area (Å²) >= 11 is 6.93. The van der Waals surface area contributed by atoms with Crippen LogP contribution >= 0.6 is 22.9 Å². The van der Waals surface area contributed by atoms with Gasteiger partial charge in [0.05, 0.1) is 4.34 Å². The number of nitrogens with zero attached hydrogens (tertiary/aromatic N) is 1. The average Bonchev–Trinajstić information content (AvgIpc) is 3.01. The Hall–Kier alpha value is -0.630. The summed E-state index contributed by atoms with van der Waals surface area (Å²) in [5, 5.41) is 2.97. The molecule has 0 radical (unpaired) electrons. The molecular formula is C16H25ClN2O3S2. The van der Waals surface area contributed by atoms with Gasteiger partial charge in [-0.3, -0.25) is 4.79 Å². The SMILES string of the molecule is CCCCNC(=O)[C@@H](C)C1CCN(S(=O)(=O)c2ccc(Cl)s2)CC1. The van der Waals surface area contributed by atoms with Gasteiger partial charge in [-0.05, 0) is 37.3 Å². The number of amides is 1. The highest BCUT2D eigenvalue weighted by Crippen LogP contribution is 2.32. The third kappa shape index (κ3) is 4.71. The fraction of sp³-hybridized carbons (Fsp3) is 0.688. The molecule has 0 spiro atoms. The summed E-state index contributed by atoms with van der Waals surface area (Å²) in [6.07, 6.45) is 3.46. The summed E-state index contributed by atoms with van der Waals surface area (Å²) in [5.41, 5.74) is 0. The molecule has 0 saturated carbocycles. The molecule has 0 aliphatic carbocycles. The molecule has 8 heteroatoms. The van der Waals surface area contributed by atoms with Crippen molar-refractivity contribution >= 4 is 38.9 Å². The first kappa shape index (κ1) is 19.7. The summed E-state index contributed by atoms with van der Waals surface area (Å²) in [7, 11) is -3.46. The number of unbranched alkanes of at least 4 members (excludes halogenated alkanes) is 1. The smallest absolute Gasteiger partial charge is 0.252 e. The molecule has 1 aromatic rings. The number of carbonyl (C=O) groups is 1. The van der Waals surface area contributed by atoms with E-state index in [-0.39, 0.29) is 22.0 Å². The van der Waals surface area contributed by atoms with Gasteiger partial charge in [-0.2, -0.15) is 4.31 Å². The van der Waals surface area contributed by atoms with Gasteiger partial charge in [-0.25, -0.2) is 8.42 Å². The van der Waals surface area contributed by atoms with E-state index in [9.17, 15) is 13.2 Å². The van der Waals surface area contributed by atoms with Crippen molar-refractivity contribution in [3.05, 3.63) is 16.5 Å². The molecule has 1 amide bonds. The van der Waals surface area contributed by atoms with Crippen LogP contribution in [0.1, 0.15) is 39.5 Å². The number of thiophene rings is 1. The maximum Gasteiger partial charge on any atom is 0.252 e. The molecule has 5 nitrogen and oxygen atoms in total. The molecule has 1 saturated heterocycles. The second-order valence-electron chi connectivity index (χ2n) is 6.23. The van der Waals surface area contributed by atoms with E-state index in [1.165, 1.54) is 4.31 Å². The number of piperidine rings is 1. The van der Waals surface area contributed by atoms with Crippen LogP contribution < -0.4 is 5.32 Å². The number of sulfonamides is 1. The van der Waals surface area contributed by atoms with Crippen LogP contribution in [0.5, 0.6) is 0 Å². The van der Waals surface area contributed by atoms with E-state index in [0.29, 0.717) is 36.8 Å². The molecule has 2 rings (SSSR count). The third-order valence-corrected chi connectivity index (χ3v) is 8.19. The minimum absolute atomic E-state index is 0.0785. The molecule has 1 aromatic heterocycles. The lowest BCUT2D eigenvalue weighted by Gasteiger charge is -2.33. The van der Waals surface area contributed by atoms with Gasteiger partial charge >= 0.3 is 0 Å². The zero-order chi connectivity index (χ0) is 17.7. The van der Waals surface area contributed by atoms with Crippen LogP contribution in [0.25, 0.3) is 0 Å². The fourth-order valence-electron chi connectivity index (χ4n) is 2.94. The lowest BCUT2D eigenvalue weighted by Crippen LogP contribution is -2.42. The lowest BCUT2D eigenvalue weighted by atomic mass is 9.85. The van der Waals surface area contributed by atoms with Crippen LogP contribution in [0.2, 0.25) is 4.34 Å². The quantitative estimate of drug-likeness (QED) is 0.723. The van der Waals surface area contributed by atoms with Crippen molar-refractivity contribution in [2.24, 2.45) is 11.8 Å². The van der Waals surface area contributed by atoms with Crippen molar-refractivity contribution in [1.82, 2.24) is 9.62 Å². The fourth-order valence-corrected chi connectivity index (χ4v) is 6.05. The second kappa shape index (κ2) is 8.65. The first-order valence-electron chi connectivity index (χ1n) is 8.39. The number of hydrogen-bond acceptors (Lipinski definition) is 4. The van der Waals surface area contributed by atoms with Crippen molar-refractivity contribution < 1.29 is 13.2 Å². The Morgan fingerprint density at radius 1 is 1.42 bits per heavy atom. The van der Waals surface area contributed by atoms with E-state index in [1.807, 2.05) is 6.92 Å². The summed E-state index contributed by atoms with van der Waals surface area (Å²) in [6, 6.07) is 3.16. The summed E-state index contributed by atoms with van der Waals surface area (Å²) in [5.74, 6) is 0.225. The zero-order valence-corrected chi connectivity index (χ0v) is 16.5. The number of halogens is 1. The molecule has 136 valence electrons. The van der Waals surface area contributed by atoms with Gasteiger partial charge in [0.15, 0.2) is 0 Å². The standard InChI is InChI=1S/C16H25ClN2O3S2/c1-3-4-9-18-16(20)12(2)13-7-10-19(11-8-13)24(21,22)15-6-5-14(17)23-15/h5-6,12-13H,3-4,7-11H2,1-2H3,(H,18,20)/t12-/m0/s1. The lowest BCUT2D eigenvalue weighted by molar-refractivity contribution is -0.126. The Labute approximate surface area is 153 Å². The van der Waals surface area contributed by atoms with Crippen LogP contribution in [0.15, 0.2) is 16.3 Å². The van der Waals surface area contributed by atoms with E-state index in [2.05, 4.69) is 12.2 Å². The van der Waals surface area contributed by atoms with Crippen molar-refractivity contribution in [2.75, 3.05) is 19.6 Å². The van der Waals surface area contributed by atoms with E-state index in [1.54, 1.807) is 12.1 Å². The first-order valence-corrected chi connectivity index (χ1v) is 11.0. The second-order valence-corrected chi connectivity index (χ2v) is 10.1. The highest BCUT2D eigenvalue weighted by molar-refractivity contribution is 7.91. The Morgan fingerprint density at radius 3 is 2.62 bits per heavy atom. The number of carbonyl (C=O) groups excluding carboxylic acids is 1. The molecule has 2 heterocycles. The Balaban J connectivity index is 1.90. The maximum atomic E-state index is 12.6. The first-order chi connectivity index (χ1) is 11.4. The summed E-state index contributed by atoms with van der Waals surface area (Å²) in [6.45, 7) is 5.65. The van der Waals surface area contributed by atoms with E-state index >= 15 is 0 Å². The molecule has 1 atom stereocenters. The Bertz CT molecular complexity index is 652. The van der Waals surface area contributed by atoms with Gasteiger partial charge in [0, 0.05) is 25.6 Å². The largest absolute Gasteiger partial charge is 0.356 e. The molecule has 1 aliphatic heterocycles. The van der Waals surface area contributed by atoms with Crippen LogP contribution in [-0.4, -0.2) is 38.3 Å². The molecule has 0 aromatic carbocycles. The van der Waals surface area contributed by atoms with E-state index < -0.39 is 10.0 Å². The van der Waals surface area contributed by atoms with Crippen molar-refractivity contribution in [1.29, 1.82) is 0 Å². The number of rotatable bonds is 7. The molecule has 1 fully saturated rings. The van der Waals surface area contributed by atoms with Gasteiger partial charge in [0.1, 0.15) is 4.21 Å². The summed E-state index contributed by atoms with van der Waals surface area (Å²) < 4.78 is 27.4. The van der Waals surface area contributed by atoms with Crippen LogP contribution in [-0.2, 0) is 14.8 Å². The zero-order valence-electron chi connectivity index (χ0n) is 14.1. The minimum Gasteiger partial charge on any atom is -0.356 e. The van der Waals surface area contributed by atoms with Gasteiger partial charge in [0.25, 0.3) is 10.0 Å². The highest BCUT2D eigenvalue weighted by atomic mass is 35.5. The monoisotopic (exact) mass is 392 g/mol. The number of hydrogen-bond donors (Lipinski definition) is 1. The van der Waals surface area contributed by atoms with Crippen molar-refractivity contribution in [2.45, 2.75) is 43.7 Å². The predicted octanol–water partition coefficient (Wildman–Crippen LogP) is 3.35. The molecule has 1 N–H and O–H groups in total. The minimum atomic E-state index is -3.46. The topological polar surface area (TPSA) is 66.5 Å². The molecular weight excluding hydrogens is 368 g/mol. The van der Waals surface area contributed by atoms with Crippen molar-refractivity contribution in [3.8, 4) is 0 Å². The molecule has 1 aliphatic rings. The van der Waals surface area contributed by atoms with Crippen LogP contribution in [0, 0.1) is 11.8 Å². The predicted molar refractivity (Wildman–Crippen MR) is 97.9 cm³/mol. The highest BCUT2D eigenvalue weighted by Gasteiger charge is 2.33. The third-order valence-electron chi connectivity index (χ3n) is 4.59. The van der Waals surface area contributed by atoms with Crippen molar-refractivity contribution in [3.63, 3.8) is 0 Å². The van der Waals surface area contributed by atoms with Gasteiger partial charge in [-0.15, -0.1) is 11.3 Å². The van der Waals surface area contributed by atoms with E-state index in [0.717, 1.165) is 24.2 Å². The maximum absolute atomic E-state index is 12.6. The normalized spacial score (nSPS) is 18.5. The van der Waals surface area contributed by atoms with Gasteiger partial charge < -0.3 is 5.32 Å². The molecule has 24 heavy (non-hydrogen) atoms. The Morgan fingerprint density at radius 2 is 2.08 bits per heavy atom. The van der Waals surface area contributed by atoms with Gasteiger partial charge in [-0.1, -0.05) is 31.9 Å². The Kier molecular flexibility index (Phi) is 7.10. The molecule has 0 bridgehead atoms. The summed E-state index contributed by atoms with van der Waals surface area (Å²) in [4.78, 5) is 12.2. The average molecular weight is 393 g/mol. The van der Waals surface area contributed by atoms with Crippen LogP contribution in [0.4, 0.5) is 0 Å².